The molecule has 0 saturated heterocycles. The van der Waals surface area contributed by atoms with Crippen LogP contribution < -0.4 is 4.90 Å². The number of anilines is 1. The van der Waals surface area contributed by atoms with Crippen LogP contribution in [0.5, 0.6) is 0 Å². The quantitative estimate of drug-likeness (QED) is 0.578. The number of fused-ring (bicyclic) bond motifs is 1. The normalized spacial score (nSPS) is 10.9. The van der Waals surface area contributed by atoms with Crippen molar-refractivity contribution in [1.29, 1.82) is 0 Å². The number of carbonyl (C=O) groups is 1. The van der Waals surface area contributed by atoms with E-state index in [2.05, 4.69) is 0 Å². The van der Waals surface area contributed by atoms with Crippen molar-refractivity contribution in [2.45, 2.75) is 6.92 Å². The number of hydrogen-bond donors (Lipinski definition) is 0. The van der Waals surface area contributed by atoms with E-state index >= 15 is 0 Å². The van der Waals surface area contributed by atoms with Gasteiger partial charge in [0.25, 0.3) is 5.91 Å². The molecule has 0 unspecified atom stereocenters. The first-order valence-corrected chi connectivity index (χ1v) is 8.43. The molecule has 2 aromatic carbocycles. The van der Waals surface area contributed by atoms with E-state index in [1.807, 2.05) is 49.4 Å². The Bertz CT molecular complexity index is 829. The summed E-state index contributed by atoms with van der Waals surface area (Å²) in [6.45, 7) is 2.52. The van der Waals surface area contributed by atoms with E-state index in [0.29, 0.717) is 21.5 Å². The number of benzene rings is 2. The second-order valence-corrected chi connectivity index (χ2v) is 6.64. The zero-order valence-electron chi connectivity index (χ0n) is 11.8. The fourth-order valence-electron chi connectivity index (χ4n) is 2.35. The lowest BCUT2D eigenvalue weighted by Gasteiger charge is -2.20. The second kappa shape index (κ2) is 6.29. The maximum Gasteiger partial charge on any atom is 0.269 e. The first-order valence-electron chi connectivity index (χ1n) is 6.86. The summed E-state index contributed by atoms with van der Waals surface area (Å²) in [5, 5.41) is 2.00. The molecule has 3 rings (SSSR count). The molecular weight excluding hydrogens is 337 g/mol. The molecule has 1 amide bonds. The Morgan fingerprint density at radius 2 is 1.86 bits per heavy atom. The van der Waals surface area contributed by atoms with Gasteiger partial charge < -0.3 is 4.90 Å². The summed E-state index contributed by atoms with van der Waals surface area (Å²) in [6, 6.07) is 15.1. The summed E-state index contributed by atoms with van der Waals surface area (Å²) in [7, 11) is 0. The summed E-state index contributed by atoms with van der Waals surface area (Å²) >= 11 is 13.8. The molecule has 0 radical (unpaired) electrons. The minimum absolute atomic E-state index is 0.0870. The summed E-state index contributed by atoms with van der Waals surface area (Å²) < 4.78 is 0.921. The van der Waals surface area contributed by atoms with E-state index in [1.165, 1.54) is 11.3 Å². The van der Waals surface area contributed by atoms with Crippen molar-refractivity contribution >= 4 is 56.2 Å². The maximum absolute atomic E-state index is 12.9. The Hall–Kier alpha value is -1.55. The van der Waals surface area contributed by atoms with Gasteiger partial charge in [0, 0.05) is 27.3 Å². The van der Waals surface area contributed by atoms with E-state index in [-0.39, 0.29) is 5.91 Å². The minimum atomic E-state index is -0.0870. The third-order valence-corrected chi connectivity index (χ3v) is 5.30. The highest BCUT2D eigenvalue weighted by atomic mass is 35.5. The third kappa shape index (κ3) is 2.72. The predicted octanol–water partition coefficient (Wildman–Crippen LogP) is 5.87. The number of halogens is 2. The van der Waals surface area contributed by atoms with E-state index in [9.17, 15) is 4.79 Å². The average Bonchev–Trinajstić information content (AvgIpc) is 2.85. The van der Waals surface area contributed by atoms with Crippen molar-refractivity contribution in [2.75, 3.05) is 11.4 Å². The number of thiophene rings is 1. The Kier molecular flexibility index (Phi) is 4.39. The van der Waals surface area contributed by atoms with Gasteiger partial charge in [0.2, 0.25) is 0 Å². The van der Waals surface area contributed by atoms with Crippen molar-refractivity contribution in [3.05, 3.63) is 63.5 Å². The number of carbonyl (C=O) groups excluding carboxylic acids is 1. The summed E-state index contributed by atoms with van der Waals surface area (Å²) in [5.41, 5.74) is 0.863. The lowest BCUT2D eigenvalue weighted by Crippen LogP contribution is -2.30. The highest BCUT2D eigenvalue weighted by Gasteiger charge is 2.22. The molecule has 1 aromatic heterocycles. The molecule has 2 nitrogen and oxygen atoms in total. The zero-order chi connectivity index (χ0) is 15.7. The summed E-state index contributed by atoms with van der Waals surface area (Å²) in [4.78, 5) is 15.1. The van der Waals surface area contributed by atoms with Crippen LogP contribution in [0.2, 0.25) is 10.0 Å². The van der Waals surface area contributed by atoms with Crippen LogP contribution in [0.1, 0.15) is 16.6 Å². The van der Waals surface area contributed by atoms with Gasteiger partial charge in [0.15, 0.2) is 0 Å². The second-order valence-electron chi connectivity index (χ2n) is 4.77. The number of hydrogen-bond acceptors (Lipinski definition) is 2. The number of amides is 1. The SMILES string of the molecule is CCN(C(=O)c1sc2cc(Cl)ccc2c1Cl)c1ccccc1. The summed E-state index contributed by atoms with van der Waals surface area (Å²) in [6.07, 6.45) is 0. The van der Waals surface area contributed by atoms with Gasteiger partial charge in [-0.25, -0.2) is 0 Å². The number of nitrogens with zero attached hydrogens (tertiary/aromatic N) is 1. The van der Waals surface area contributed by atoms with E-state index in [1.54, 1.807) is 11.0 Å². The molecular formula is C17H13Cl2NOS. The van der Waals surface area contributed by atoms with Gasteiger partial charge in [-0.05, 0) is 31.2 Å². The Labute approximate surface area is 142 Å². The molecule has 5 heteroatoms. The largest absolute Gasteiger partial charge is 0.308 e. The minimum Gasteiger partial charge on any atom is -0.308 e. The first kappa shape index (κ1) is 15.3. The molecule has 0 aliphatic heterocycles. The zero-order valence-corrected chi connectivity index (χ0v) is 14.2. The van der Waals surface area contributed by atoms with Gasteiger partial charge >= 0.3 is 0 Å². The first-order chi connectivity index (χ1) is 10.6. The molecule has 0 aliphatic carbocycles. The van der Waals surface area contributed by atoms with E-state index in [4.69, 9.17) is 23.2 Å². The molecule has 0 saturated carbocycles. The highest BCUT2D eigenvalue weighted by Crippen LogP contribution is 2.37. The topological polar surface area (TPSA) is 20.3 Å². The molecule has 1 heterocycles. The van der Waals surface area contributed by atoms with E-state index in [0.717, 1.165) is 15.8 Å². The molecule has 0 atom stereocenters. The maximum atomic E-state index is 12.9. The Balaban J connectivity index is 2.06. The molecule has 112 valence electrons. The molecule has 3 aromatic rings. The van der Waals surface area contributed by atoms with Gasteiger partial charge in [0.1, 0.15) is 4.88 Å². The Morgan fingerprint density at radius 3 is 2.55 bits per heavy atom. The van der Waals surface area contributed by atoms with Gasteiger partial charge in [-0.15, -0.1) is 11.3 Å². The lowest BCUT2D eigenvalue weighted by molar-refractivity contribution is 0.0992. The van der Waals surface area contributed by atoms with Crippen LogP contribution >= 0.6 is 34.5 Å². The van der Waals surface area contributed by atoms with Crippen LogP contribution in [0.4, 0.5) is 5.69 Å². The van der Waals surface area contributed by atoms with Crippen LogP contribution in [0, 0.1) is 0 Å². The fourth-order valence-corrected chi connectivity index (χ4v) is 4.09. The van der Waals surface area contributed by atoms with Gasteiger partial charge in [-0.1, -0.05) is 47.5 Å². The van der Waals surface area contributed by atoms with Gasteiger partial charge in [0.05, 0.1) is 5.02 Å². The molecule has 0 spiro atoms. The van der Waals surface area contributed by atoms with Gasteiger partial charge in [-0.3, -0.25) is 4.79 Å². The fraction of sp³-hybridized carbons (Fsp3) is 0.118. The molecule has 0 aliphatic rings. The number of para-hydroxylation sites is 1. The number of rotatable bonds is 3. The third-order valence-electron chi connectivity index (χ3n) is 3.41. The van der Waals surface area contributed by atoms with Crippen LogP contribution in [-0.2, 0) is 0 Å². The van der Waals surface area contributed by atoms with Crippen molar-refractivity contribution in [2.24, 2.45) is 0 Å². The predicted molar refractivity (Wildman–Crippen MR) is 95.6 cm³/mol. The van der Waals surface area contributed by atoms with Crippen LogP contribution in [0.25, 0.3) is 10.1 Å². The molecule has 0 bridgehead atoms. The highest BCUT2D eigenvalue weighted by molar-refractivity contribution is 7.21. The molecule has 0 N–H and O–H groups in total. The standard InChI is InChI=1S/C17H13Cl2NOS/c1-2-20(12-6-4-3-5-7-12)17(21)16-15(19)13-9-8-11(18)10-14(13)22-16/h3-10H,2H2,1H3. The lowest BCUT2D eigenvalue weighted by atomic mass is 10.2. The van der Waals surface area contributed by atoms with Crippen LogP contribution in [-0.4, -0.2) is 12.5 Å². The van der Waals surface area contributed by atoms with Crippen molar-refractivity contribution in [1.82, 2.24) is 0 Å². The van der Waals surface area contributed by atoms with Crippen molar-refractivity contribution in [3.8, 4) is 0 Å². The smallest absolute Gasteiger partial charge is 0.269 e. The van der Waals surface area contributed by atoms with Crippen LogP contribution in [0.15, 0.2) is 48.5 Å². The molecule has 0 fully saturated rings. The average molecular weight is 350 g/mol. The summed E-state index contributed by atoms with van der Waals surface area (Å²) in [5.74, 6) is -0.0870. The Morgan fingerprint density at radius 1 is 1.14 bits per heavy atom. The van der Waals surface area contributed by atoms with E-state index < -0.39 is 0 Å². The van der Waals surface area contributed by atoms with Gasteiger partial charge in [-0.2, -0.15) is 0 Å². The van der Waals surface area contributed by atoms with Crippen molar-refractivity contribution < 1.29 is 4.79 Å². The van der Waals surface area contributed by atoms with Crippen molar-refractivity contribution in [3.63, 3.8) is 0 Å². The molecule has 22 heavy (non-hydrogen) atoms. The monoisotopic (exact) mass is 349 g/mol. The van der Waals surface area contributed by atoms with Crippen LogP contribution in [0.3, 0.4) is 0 Å².